The van der Waals surface area contributed by atoms with Crippen LogP contribution in [0.15, 0.2) is 18.2 Å². The summed E-state index contributed by atoms with van der Waals surface area (Å²) < 4.78 is 4.70. The van der Waals surface area contributed by atoms with Crippen LogP contribution in [0, 0.1) is 6.92 Å². The number of anilines is 1. The molecule has 0 aliphatic rings. The smallest absolute Gasteiger partial charge is 0.339 e. The Bertz CT molecular complexity index is 470. The van der Waals surface area contributed by atoms with Crippen LogP contribution >= 0.6 is 0 Å². The van der Waals surface area contributed by atoms with Crippen molar-refractivity contribution in [2.24, 2.45) is 5.73 Å². The second-order valence-electron chi connectivity index (χ2n) is 4.60. The number of ether oxygens (including phenoxy) is 1. The van der Waals surface area contributed by atoms with E-state index in [2.05, 4.69) is 5.32 Å². The van der Waals surface area contributed by atoms with Crippen LogP contribution in [0.25, 0.3) is 0 Å². The van der Waals surface area contributed by atoms with Gasteiger partial charge < -0.3 is 15.8 Å². The van der Waals surface area contributed by atoms with Crippen molar-refractivity contribution in [1.29, 1.82) is 0 Å². The van der Waals surface area contributed by atoms with E-state index in [9.17, 15) is 9.59 Å². The predicted octanol–water partition coefficient (Wildman–Crippen LogP) is 1.85. The molecule has 19 heavy (non-hydrogen) atoms. The number of nitrogens with two attached hydrogens (primary N) is 1. The van der Waals surface area contributed by atoms with Crippen molar-refractivity contribution < 1.29 is 14.3 Å². The minimum atomic E-state index is -0.466. The fourth-order valence-electron chi connectivity index (χ4n) is 1.62. The van der Waals surface area contributed by atoms with E-state index in [4.69, 9.17) is 10.5 Å². The van der Waals surface area contributed by atoms with Crippen molar-refractivity contribution in [2.75, 3.05) is 12.4 Å². The zero-order valence-corrected chi connectivity index (χ0v) is 11.5. The lowest BCUT2D eigenvalue weighted by Crippen LogP contribution is -2.20. The summed E-state index contributed by atoms with van der Waals surface area (Å²) in [6, 6.07) is 5.19. The number of nitrogens with one attached hydrogen (secondary N) is 1. The van der Waals surface area contributed by atoms with Gasteiger partial charge >= 0.3 is 5.97 Å². The molecule has 0 fully saturated rings. The number of carbonyl (C=O) groups excluding carboxylic acids is 2. The number of hydrogen-bond acceptors (Lipinski definition) is 4. The third-order valence-corrected chi connectivity index (χ3v) is 2.68. The summed E-state index contributed by atoms with van der Waals surface area (Å²) in [5.74, 6) is -0.627. The van der Waals surface area contributed by atoms with E-state index in [0.29, 0.717) is 24.1 Å². The Morgan fingerprint density at radius 3 is 2.68 bits per heavy atom. The summed E-state index contributed by atoms with van der Waals surface area (Å²) in [4.78, 5) is 23.4. The summed E-state index contributed by atoms with van der Waals surface area (Å²) in [6.45, 7) is 3.72. The van der Waals surface area contributed by atoms with Gasteiger partial charge in [-0.05, 0) is 32.4 Å². The van der Waals surface area contributed by atoms with Gasteiger partial charge in [0.05, 0.1) is 18.4 Å². The van der Waals surface area contributed by atoms with Crippen LogP contribution in [-0.4, -0.2) is 25.0 Å². The van der Waals surface area contributed by atoms with Gasteiger partial charge in [-0.2, -0.15) is 0 Å². The molecule has 1 rings (SSSR count). The average Bonchev–Trinajstić information content (AvgIpc) is 2.37. The van der Waals surface area contributed by atoms with E-state index < -0.39 is 5.97 Å². The Morgan fingerprint density at radius 1 is 1.42 bits per heavy atom. The Kier molecular flexibility index (Phi) is 5.51. The number of amides is 1. The molecule has 1 amide bonds. The van der Waals surface area contributed by atoms with Crippen LogP contribution in [0.5, 0.6) is 0 Å². The lowest BCUT2D eigenvalue weighted by Gasteiger charge is -2.11. The van der Waals surface area contributed by atoms with Crippen molar-refractivity contribution >= 4 is 17.6 Å². The summed E-state index contributed by atoms with van der Waals surface area (Å²) in [6.07, 6.45) is 0.928. The van der Waals surface area contributed by atoms with Crippen LogP contribution < -0.4 is 11.1 Å². The fraction of sp³-hybridized carbons (Fsp3) is 0.429. The summed E-state index contributed by atoms with van der Waals surface area (Å²) in [7, 11) is 1.31. The molecule has 3 N–H and O–H groups in total. The number of carbonyl (C=O) groups is 2. The fourth-order valence-corrected chi connectivity index (χ4v) is 1.62. The van der Waals surface area contributed by atoms with Crippen LogP contribution in [-0.2, 0) is 9.53 Å². The highest BCUT2D eigenvalue weighted by Gasteiger charge is 2.14. The van der Waals surface area contributed by atoms with Gasteiger partial charge in [0.25, 0.3) is 0 Å². The van der Waals surface area contributed by atoms with Crippen molar-refractivity contribution in [2.45, 2.75) is 32.7 Å². The minimum absolute atomic E-state index is 0.0242. The van der Waals surface area contributed by atoms with Gasteiger partial charge in [-0.1, -0.05) is 11.6 Å². The first-order chi connectivity index (χ1) is 8.93. The topological polar surface area (TPSA) is 81.4 Å². The second kappa shape index (κ2) is 6.89. The quantitative estimate of drug-likeness (QED) is 0.795. The summed E-state index contributed by atoms with van der Waals surface area (Å²) >= 11 is 0. The molecule has 0 spiro atoms. The highest BCUT2D eigenvalue weighted by molar-refractivity contribution is 6.01. The SMILES string of the molecule is COC(=O)c1cc(C)ccc1NC(=O)CCC(C)N. The van der Waals surface area contributed by atoms with E-state index in [1.165, 1.54) is 7.11 Å². The van der Waals surface area contributed by atoms with E-state index in [0.717, 1.165) is 5.56 Å². The summed E-state index contributed by atoms with van der Waals surface area (Å²) in [5.41, 5.74) is 7.35. The van der Waals surface area contributed by atoms with Crippen LogP contribution in [0.4, 0.5) is 5.69 Å². The van der Waals surface area contributed by atoms with Crippen molar-refractivity contribution in [1.82, 2.24) is 0 Å². The monoisotopic (exact) mass is 264 g/mol. The van der Waals surface area contributed by atoms with Crippen molar-refractivity contribution in [3.8, 4) is 0 Å². The van der Waals surface area contributed by atoms with Crippen LogP contribution in [0.1, 0.15) is 35.7 Å². The number of esters is 1. The van der Waals surface area contributed by atoms with Crippen LogP contribution in [0.2, 0.25) is 0 Å². The molecular weight excluding hydrogens is 244 g/mol. The Balaban J connectivity index is 2.82. The summed E-state index contributed by atoms with van der Waals surface area (Å²) in [5, 5.41) is 2.71. The van der Waals surface area contributed by atoms with Crippen LogP contribution in [0.3, 0.4) is 0 Å². The molecule has 0 aromatic heterocycles. The van der Waals surface area contributed by atoms with Gasteiger partial charge in [0.1, 0.15) is 0 Å². The first-order valence-electron chi connectivity index (χ1n) is 6.18. The molecule has 0 aliphatic carbocycles. The largest absolute Gasteiger partial charge is 0.465 e. The maximum atomic E-state index is 11.7. The Labute approximate surface area is 113 Å². The molecule has 5 heteroatoms. The lowest BCUT2D eigenvalue weighted by atomic mass is 10.1. The second-order valence-corrected chi connectivity index (χ2v) is 4.60. The minimum Gasteiger partial charge on any atom is -0.465 e. The van der Waals surface area contributed by atoms with E-state index >= 15 is 0 Å². The molecule has 1 aromatic carbocycles. The molecule has 0 radical (unpaired) electrons. The molecule has 1 unspecified atom stereocenters. The molecule has 0 saturated carbocycles. The maximum absolute atomic E-state index is 11.7. The first kappa shape index (κ1) is 15.2. The Morgan fingerprint density at radius 2 is 2.11 bits per heavy atom. The van der Waals surface area contributed by atoms with Crippen molar-refractivity contribution in [3.05, 3.63) is 29.3 Å². The zero-order chi connectivity index (χ0) is 14.4. The number of methoxy groups -OCH3 is 1. The third-order valence-electron chi connectivity index (χ3n) is 2.68. The van der Waals surface area contributed by atoms with Crippen molar-refractivity contribution in [3.63, 3.8) is 0 Å². The maximum Gasteiger partial charge on any atom is 0.339 e. The number of rotatable bonds is 5. The predicted molar refractivity (Wildman–Crippen MR) is 74.0 cm³/mol. The normalized spacial score (nSPS) is 11.8. The Hall–Kier alpha value is -1.88. The van der Waals surface area contributed by atoms with E-state index in [1.54, 1.807) is 12.1 Å². The molecule has 0 bridgehead atoms. The zero-order valence-electron chi connectivity index (χ0n) is 11.5. The van der Waals surface area contributed by atoms with Gasteiger partial charge in [-0.25, -0.2) is 4.79 Å². The van der Waals surface area contributed by atoms with Gasteiger partial charge in [-0.15, -0.1) is 0 Å². The van der Waals surface area contributed by atoms with Gasteiger partial charge in [0.2, 0.25) is 5.91 Å². The first-order valence-corrected chi connectivity index (χ1v) is 6.18. The number of hydrogen-bond donors (Lipinski definition) is 2. The number of aryl methyl sites for hydroxylation is 1. The number of benzene rings is 1. The van der Waals surface area contributed by atoms with E-state index in [1.807, 2.05) is 19.9 Å². The molecule has 5 nitrogen and oxygen atoms in total. The third kappa shape index (κ3) is 4.71. The molecule has 0 aliphatic heterocycles. The van der Waals surface area contributed by atoms with Gasteiger partial charge in [0.15, 0.2) is 0 Å². The molecule has 1 aromatic rings. The van der Waals surface area contributed by atoms with E-state index in [-0.39, 0.29) is 11.9 Å². The highest BCUT2D eigenvalue weighted by atomic mass is 16.5. The standard InChI is InChI=1S/C14H20N2O3/c1-9-4-6-12(11(8-9)14(18)19-3)16-13(17)7-5-10(2)15/h4,6,8,10H,5,7,15H2,1-3H3,(H,16,17). The highest BCUT2D eigenvalue weighted by Crippen LogP contribution is 2.18. The lowest BCUT2D eigenvalue weighted by molar-refractivity contribution is -0.116. The molecule has 0 saturated heterocycles. The molecule has 0 heterocycles. The molecular formula is C14H20N2O3. The molecule has 1 atom stereocenters. The van der Waals surface area contributed by atoms with Gasteiger partial charge in [0, 0.05) is 12.5 Å². The molecule has 104 valence electrons. The average molecular weight is 264 g/mol. The van der Waals surface area contributed by atoms with Gasteiger partial charge in [-0.3, -0.25) is 4.79 Å².